The Morgan fingerprint density at radius 1 is 0.365 bits per heavy atom. The van der Waals surface area contributed by atoms with Crippen molar-refractivity contribution in [2.45, 2.75) is 174 Å². The predicted molar refractivity (Wildman–Crippen MR) is 366 cm³/mol. The molecule has 14 rings (SSSR count). The minimum atomic E-state index is -0.219. The van der Waals surface area contributed by atoms with Crippen molar-refractivity contribution >= 4 is 68.6 Å². The van der Waals surface area contributed by atoms with Crippen molar-refractivity contribution in [1.29, 1.82) is 0 Å². The third kappa shape index (κ3) is 8.56. The number of anilines is 8. The topological polar surface area (TPSA) is 9.72 Å². The Bertz CT molecular complexity index is 4150. The molecule has 0 bridgehead atoms. The van der Waals surface area contributed by atoms with Gasteiger partial charge in [-0.25, -0.2) is 0 Å². The summed E-state index contributed by atoms with van der Waals surface area (Å²) in [4.78, 5) is 8.33. The van der Waals surface area contributed by atoms with E-state index in [1.54, 1.807) is 0 Å². The van der Waals surface area contributed by atoms with Gasteiger partial charge < -0.3 is 14.7 Å². The van der Waals surface area contributed by atoms with Crippen LogP contribution in [0.1, 0.15) is 169 Å². The summed E-state index contributed by atoms with van der Waals surface area (Å²) in [5.41, 5.74) is 29.4. The van der Waals surface area contributed by atoms with Crippen molar-refractivity contribution in [2.75, 3.05) is 14.7 Å². The van der Waals surface area contributed by atoms with Crippen LogP contribution in [-0.2, 0) is 32.5 Å². The van der Waals surface area contributed by atoms with Crippen molar-refractivity contribution < 1.29 is 0 Å². The van der Waals surface area contributed by atoms with E-state index >= 15 is 0 Å². The molecule has 0 radical (unpaired) electrons. The van der Waals surface area contributed by atoms with Gasteiger partial charge in [0.25, 0.3) is 6.71 Å². The Labute approximate surface area is 509 Å². The molecule has 1 saturated carbocycles. The lowest BCUT2D eigenvalue weighted by Crippen LogP contribution is -2.62. The van der Waals surface area contributed by atoms with Crippen LogP contribution in [0.25, 0.3) is 33.4 Å². The molecular weight excluding hydrogens is 1030 g/mol. The molecule has 3 heterocycles. The zero-order valence-corrected chi connectivity index (χ0v) is 53.4. The molecule has 9 aromatic rings. The Morgan fingerprint density at radius 2 is 0.812 bits per heavy atom. The molecular formula is C81H86BN3. The van der Waals surface area contributed by atoms with Gasteiger partial charge >= 0.3 is 0 Å². The normalized spacial score (nSPS) is 19.9. The van der Waals surface area contributed by atoms with Crippen LogP contribution in [0.15, 0.2) is 188 Å². The summed E-state index contributed by atoms with van der Waals surface area (Å²) in [5, 5.41) is 0. The third-order valence-corrected chi connectivity index (χ3v) is 21.2. The molecule has 0 amide bonds. The SMILES string of the molecule is CC(C)(C)c1ccc2c(c1)B1c3cc4c(cc3N(c3ccc(C(C)(C)C)cc3-c3ccccc3)c3cc(N5c6ccc(-c7ccccc7)cc6C6(C)CCCCC56C)cc(c31)N2c1ccc(C(C)(C)C)cc1-c1ccccc1)C(C)(C)CC4(C)C. The van der Waals surface area contributed by atoms with Gasteiger partial charge in [0.1, 0.15) is 0 Å². The van der Waals surface area contributed by atoms with Gasteiger partial charge in [0.15, 0.2) is 0 Å². The number of nitrogens with zero attached hydrogens (tertiary/aromatic N) is 3. The monoisotopic (exact) mass is 1110 g/mol. The van der Waals surface area contributed by atoms with Gasteiger partial charge in [-0.05, 0) is 186 Å². The van der Waals surface area contributed by atoms with Crippen LogP contribution >= 0.6 is 0 Å². The van der Waals surface area contributed by atoms with Crippen molar-refractivity contribution in [2.24, 2.45) is 0 Å². The van der Waals surface area contributed by atoms with Gasteiger partial charge in [-0.15, -0.1) is 0 Å². The maximum absolute atomic E-state index is 2.85. The highest BCUT2D eigenvalue weighted by Gasteiger charge is 2.58. The molecule has 4 heteroatoms. The second-order valence-corrected chi connectivity index (χ2v) is 30.9. The van der Waals surface area contributed by atoms with E-state index in [1.807, 2.05) is 0 Å². The van der Waals surface area contributed by atoms with Gasteiger partial charge in [0.2, 0.25) is 0 Å². The highest BCUT2D eigenvalue weighted by Crippen LogP contribution is 2.63. The first-order chi connectivity index (χ1) is 40.3. The fraction of sp³-hybridized carbons (Fsp3) is 0.333. The van der Waals surface area contributed by atoms with Gasteiger partial charge in [0.05, 0.1) is 16.9 Å². The Hall–Kier alpha value is -7.56. The molecule has 2 atom stereocenters. The van der Waals surface area contributed by atoms with Crippen LogP contribution in [0, 0.1) is 0 Å². The summed E-state index contributed by atoms with van der Waals surface area (Å²) in [6.07, 6.45) is 5.73. The van der Waals surface area contributed by atoms with Crippen LogP contribution in [0.3, 0.4) is 0 Å². The molecule has 2 unspecified atom stereocenters. The molecule has 85 heavy (non-hydrogen) atoms. The Morgan fingerprint density at radius 3 is 1.34 bits per heavy atom. The summed E-state index contributed by atoms with van der Waals surface area (Å²) in [6, 6.07) is 74.0. The van der Waals surface area contributed by atoms with E-state index < -0.39 is 0 Å². The minimum Gasteiger partial charge on any atom is -0.334 e. The zero-order chi connectivity index (χ0) is 59.5. The summed E-state index contributed by atoms with van der Waals surface area (Å²) in [5.74, 6) is 0. The third-order valence-electron chi connectivity index (χ3n) is 21.2. The first-order valence-corrected chi connectivity index (χ1v) is 31.8. The molecule has 9 aromatic carbocycles. The standard InChI is InChI=1S/C81H86BN3/c1-75(2,3)56-34-38-67(60(44-56)53-29-21-17-22-30-53)83-70-40-36-58(77(7,8)9)46-65(70)82-66-49-62-63(79(12,13)51-78(62,10)11)50-71(66)84(68-39-35-57(76(4,5)6)45-61(68)54-31-23-18-24-32-54)73-48-59(47-72(83)74(73)82)85-69-37-33-55(52-27-19-16-20-28-52)43-64(69)80(14)41-25-26-42-81(80,85)15/h16-24,27-40,43-50H,25-26,41-42,51H2,1-15H3. The second-order valence-electron chi connectivity index (χ2n) is 30.9. The second kappa shape index (κ2) is 19.0. The molecule has 0 N–H and O–H groups in total. The zero-order valence-electron chi connectivity index (χ0n) is 53.4. The van der Waals surface area contributed by atoms with Crippen molar-refractivity contribution in [1.82, 2.24) is 0 Å². The molecule has 3 nitrogen and oxygen atoms in total. The summed E-state index contributed by atoms with van der Waals surface area (Å²) < 4.78 is 0. The van der Waals surface area contributed by atoms with Crippen LogP contribution < -0.4 is 31.1 Å². The van der Waals surface area contributed by atoms with E-state index in [0.717, 1.165) is 19.3 Å². The van der Waals surface area contributed by atoms with E-state index in [9.17, 15) is 0 Å². The number of hydrogen-bond donors (Lipinski definition) is 0. The van der Waals surface area contributed by atoms with Crippen molar-refractivity contribution in [3.63, 3.8) is 0 Å². The summed E-state index contributed by atoms with van der Waals surface area (Å²) in [7, 11) is 0. The van der Waals surface area contributed by atoms with E-state index in [2.05, 4.69) is 307 Å². The number of hydrogen-bond acceptors (Lipinski definition) is 3. The number of fused-ring (bicyclic) bond motifs is 8. The van der Waals surface area contributed by atoms with Crippen molar-refractivity contribution in [3.05, 3.63) is 221 Å². The maximum atomic E-state index is 2.85. The lowest BCUT2D eigenvalue weighted by molar-refractivity contribution is 0.195. The molecule has 0 aromatic heterocycles. The van der Waals surface area contributed by atoms with E-state index in [0.29, 0.717) is 0 Å². The molecule has 0 spiro atoms. The summed E-state index contributed by atoms with van der Waals surface area (Å²) >= 11 is 0. The molecule has 0 saturated heterocycles. The van der Waals surface area contributed by atoms with Gasteiger partial charge in [-0.1, -0.05) is 237 Å². The van der Waals surface area contributed by atoms with E-state index in [1.165, 1.54) is 141 Å². The lowest BCUT2D eigenvalue weighted by atomic mass is 9.33. The minimum absolute atomic E-state index is 0.0169. The Kier molecular flexibility index (Phi) is 12.3. The fourth-order valence-corrected chi connectivity index (χ4v) is 16.6. The quantitative estimate of drug-likeness (QED) is 0.154. The van der Waals surface area contributed by atoms with Crippen LogP contribution in [0.5, 0.6) is 0 Å². The predicted octanol–water partition coefficient (Wildman–Crippen LogP) is 20.4. The molecule has 3 aliphatic heterocycles. The van der Waals surface area contributed by atoms with Crippen molar-refractivity contribution in [3.8, 4) is 33.4 Å². The average molecular weight is 1110 g/mol. The fourth-order valence-electron chi connectivity index (χ4n) is 16.6. The average Bonchev–Trinajstić information content (AvgIpc) is 1.71. The van der Waals surface area contributed by atoms with Crippen LogP contribution in [-0.4, -0.2) is 12.3 Å². The Balaban J connectivity index is 1.16. The van der Waals surface area contributed by atoms with Gasteiger partial charge in [0, 0.05) is 50.7 Å². The molecule has 1 fully saturated rings. The number of rotatable bonds is 6. The first-order valence-electron chi connectivity index (χ1n) is 31.8. The lowest BCUT2D eigenvalue weighted by Gasteiger charge is -2.51. The van der Waals surface area contributed by atoms with Gasteiger partial charge in [-0.3, -0.25) is 0 Å². The van der Waals surface area contributed by atoms with Crippen LogP contribution in [0.4, 0.5) is 45.5 Å². The number of benzene rings is 9. The van der Waals surface area contributed by atoms with Gasteiger partial charge in [-0.2, -0.15) is 0 Å². The van der Waals surface area contributed by atoms with Crippen LogP contribution in [0.2, 0.25) is 0 Å². The summed E-state index contributed by atoms with van der Waals surface area (Å²) in [6.45, 7) is 36.4. The molecule has 428 valence electrons. The highest BCUT2D eigenvalue weighted by molar-refractivity contribution is 7.00. The highest BCUT2D eigenvalue weighted by atomic mass is 15.3. The first kappa shape index (κ1) is 55.3. The maximum Gasteiger partial charge on any atom is 0.252 e. The smallest absolute Gasteiger partial charge is 0.252 e. The molecule has 5 aliphatic rings. The van der Waals surface area contributed by atoms with E-state index in [4.69, 9.17) is 0 Å². The van der Waals surface area contributed by atoms with E-state index in [-0.39, 0.29) is 44.7 Å². The largest absolute Gasteiger partial charge is 0.334 e. The molecule has 2 aliphatic carbocycles.